The number of hydroxylamine groups is 1. The molecule has 2 aliphatic heterocycles. The SMILES string of the molecule is O=C(CCCC(=O)NCc1ccccc1-c1ccc([C@H]2O[C@@H](CN3CCN(Cc4ccccc4)CC3)C[C@@H](c3ccc(CO)cc3)O2)cc1)NO. The van der Waals surface area contributed by atoms with Gasteiger partial charge in [0.05, 0.1) is 18.8 Å². The van der Waals surface area contributed by atoms with Crippen molar-refractivity contribution >= 4 is 11.8 Å². The number of aliphatic hydroxyl groups is 1. The van der Waals surface area contributed by atoms with Crippen molar-refractivity contribution < 1.29 is 29.4 Å². The van der Waals surface area contributed by atoms with Gasteiger partial charge in [-0.2, -0.15) is 0 Å². The third-order valence-corrected chi connectivity index (χ3v) is 9.71. The first kappa shape index (κ1) is 36.4. The molecule has 0 unspecified atom stereocenters. The van der Waals surface area contributed by atoms with Gasteiger partial charge >= 0.3 is 0 Å². The minimum Gasteiger partial charge on any atom is -0.392 e. The molecule has 0 spiro atoms. The van der Waals surface area contributed by atoms with E-state index >= 15 is 0 Å². The Bertz CT molecular complexity index is 1690. The molecule has 6 rings (SSSR count). The summed E-state index contributed by atoms with van der Waals surface area (Å²) in [6.45, 7) is 6.18. The average molecular weight is 693 g/mol. The molecule has 4 aromatic rings. The van der Waals surface area contributed by atoms with Crippen LogP contribution in [0.5, 0.6) is 0 Å². The molecule has 0 aromatic heterocycles. The number of ether oxygens (including phenoxy) is 2. The van der Waals surface area contributed by atoms with Crippen molar-refractivity contribution in [3.63, 3.8) is 0 Å². The number of nitrogens with one attached hydrogen (secondary N) is 2. The van der Waals surface area contributed by atoms with Crippen molar-refractivity contribution in [1.82, 2.24) is 20.6 Å². The van der Waals surface area contributed by atoms with Crippen LogP contribution >= 0.6 is 0 Å². The lowest BCUT2D eigenvalue weighted by Gasteiger charge is -2.40. The normalized spacial score (nSPS) is 19.8. The molecule has 268 valence electrons. The molecule has 10 heteroatoms. The molecule has 51 heavy (non-hydrogen) atoms. The van der Waals surface area contributed by atoms with Crippen molar-refractivity contribution in [3.05, 3.63) is 131 Å². The number of hydrogen-bond acceptors (Lipinski definition) is 8. The van der Waals surface area contributed by atoms with Crippen molar-refractivity contribution in [3.8, 4) is 11.1 Å². The quantitative estimate of drug-likeness (QED) is 0.101. The summed E-state index contributed by atoms with van der Waals surface area (Å²) in [7, 11) is 0. The summed E-state index contributed by atoms with van der Waals surface area (Å²) in [6.07, 6.45) is 0.673. The highest BCUT2D eigenvalue weighted by molar-refractivity contribution is 5.78. The van der Waals surface area contributed by atoms with Crippen molar-refractivity contribution in [2.24, 2.45) is 0 Å². The summed E-state index contributed by atoms with van der Waals surface area (Å²) in [5, 5.41) is 21.2. The fourth-order valence-corrected chi connectivity index (χ4v) is 6.82. The van der Waals surface area contributed by atoms with Crippen LogP contribution in [0.3, 0.4) is 0 Å². The topological polar surface area (TPSA) is 124 Å². The van der Waals surface area contributed by atoms with Crippen LogP contribution in [-0.2, 0) is 38.8 Å². The van der Waals surface area contributed by atoms with Crippen LogP contribution < -0.4 is 10.8 Å². The van der Waals surface area contributed by atoms with E-state index in [1.165, 1.54) is 5.56 Å². The predicted octanol–water partition coefficient (Wildman–Crippen LogP) is 5.50. The Kier molecular flexibility index (Phi) is 13.0. The highest BCUT2D eigenvalue weighted by Crippen LogP contribution is 2.39. The summed E-state index contributed by atoms with van der Waals surface area (Å²) >= 11 is 0. The van der Waals surface area contributed by atoms with Gasteiger partial charge in [0.15, 0.2) is 6.29 Å². The Morgan fingerprint density at radius 2 is 1.39 bits per heavy atom. The van der Waals surface area contributed by atoms with Crippen LogP contribution in [0.2, 0.25) is 0 Å². The van der Waals surface area contributed by atoms with E-state index in [0.717, 1.165) is 79.1 Å². The van der Waals surface area contributed by atoms with Crippen LogP contribution in [0.25, 0.3) is 11.1 Å². The molecule has 0 radical (unpaired) electrons. The van der Waals surface area contributed by atoms with E-state index in [9.17, 15) is 14.7 Å². The Labute approximate surface area is 300 Å². The minimum absolute atomic E-state index is 0.00374. The molecule has 0 bridgehead atoms. The molecule has 2 saturated heterocycles. The second kappa shape index (κ2) is 18.2. The molecular formula is C41H48N4O6. The fourth-order valence-electron chi connectivity index (χ4n) is 6.82. The molecule has 4 aromatic carbocycles. The number of benzene rings is 4. The van der Waals surface area contributed by atoms with Crippen LogP contribution in [0.1, 0.15) is 65.9 Å². The smallest absolute Gasteiger partial charge is 0.243 e. The zero-order chi connectivity index (χ0) is 35.4. The van der Waals surface area contributed by atoms with Crippen LogP contribution in [0, 0.1) is 0 Å². The largest absolute Gasteiger partial charge is 0.392 e. The molecule has 0 aliphatic carbocycles. The lowest BCUT2D eigenvalue weighted by molar-refractivity contribution is -0.253. The summed E-state index contributed by atoms with van der Waals surface area (Å²) < 4.78 is 13.3. The number of aliphatic hydroxyl groups excluding tert-OH is 1. The summed E-state index contributed by atoms with van der Waals surface area (Å²) in [5.74, 6) is -0.654. The standard InChI is InChI=1S/C41H48N4O6/c46-29-31-13-15-33(16-14-31)38-25-36(28-45-23-21-44(22-24-45)27-30-7-2-1-3-8-30)50-41(51-38)34-19-17-32(18-20-34)37-10-5-4-9-35(37)26-42-39(47)11-6-12-40(48)43-49/h1-5,7-10,13-20,36,38,41,46,49H,6,11-12,21-29H2,(H,42,47)(H,43,48)/t36-,38+,41+/m1/s1. The van der Waals surface area contributed by atoms with E-state index in [1.807, 2.05) is 48.5 Å². The Morgan fingerprint density at radius 1 is 0.725 bits per heavy atom. The third-order valence-electron chi connectivity index (χ3n) is 9.71. The predicted molar refractivity (Wildman–Crippen MR) is 194 cm³/mol. The van der Waals surface area contributed by atoms with Crippen molar-refractivity contribution in [1.29, 1.82) is 0 Å². The van der Waals surface area contributed by atoms with Crippen molar-refractivity contribution in [2.75, 3.05) is 32.7 Å². The zero-order valence-corrected chi connectivity index (χ0v) is 29.0. The molecular weight excluding hydrogens is 644 g/mol. The van der Waals surface area contributed by atoms with Crippen molar-refractivity contribution in [2.45, 2.75) is 63.9 Å². The van der Waals surface area contributed by atoms with Gasteiger partial charge in [0, 0.05) is 70.6 Å². The molecule has 0 saturated carbocycles. The molecule has 4 N–H and O–H groups in total. The highest BCUT2D eigenvalue weighted by atomic mass is 16.7. The molecule has 2 aliphatic rings. The summed E-state index contributed by atoms with van der Waals surface area (Å²) in [4.78, 5) is 28.7. The maximum absolute atomic E-state index is 12.4. The third kappa shape index (κ3) is 10.3. The van der Waals surface area contributed by atoms with Gasteiger partial charge in [0.2, 0.25) is 11.8 Å². The summed E-state index contributed by atoms with van der Waals surface area (Å²) in [6, 6.07) is 34.8. The molecule has 2 heterocycles. The van der Waals surface area contributed by atoms with Gasteiger partial charge in [0.25, 0.3) is 0 Å². The van der Waals surface area contributed by atoms with Gasteiger partial charge in [-0.3, -0.25) is 24.6 Å². The van der Waals surface area contributed by atoms with E-state index in [0.29, 0.717) is 13.0 Å². The van der Waals surface area contributed by atoms with Gasteiger partial charge in [-0.05, 0) is 39.8 Å². The second-order valence-electron chi connectivity index (χ2n) is 13.4. The number of hydrogen-bond donors (Lipinski definition) is 4. The Hall–Kier alpha value is -4.42. The molecule has 10 nitrogen and oxygen atoms in total. The van der Waals surface area contributed by atoms with Gasteiger partial charge < -0.3 is 19.9 Å². The first-order chi connectivity index (χ1) is 25.0. The first-order valence-electron chi connectivity index (χ1n) is 17.8. The Balaban J connectivity index is 1.11. The number of carbonyl (C=O) groups is 2. The average Bonchev–Trinajstić information content (AvgIpc) is 3.18. The summed E-state index contributed by atoms with van der Waals surface area (Å²) in [5.41, 5.74) is 8.82. The number of carbonyl (C=O) groups excluding carboxylic acids is 2. The van der Waals surface area contributed by atoms with Crippen LogP contribution in [0.4, 0.5) is 0 Å². The monoisotopic (exact) mass is 692 g/mol. The number of amides is 2. The maximum Gasteiger partial charge on any atom is 0.243 e. The van der Waals surface area contributed by atoms with E-state index in [2.05, 4.69) is 69.7 Å². The van der Waals surface area contributed by atoms with E-state index in [1.54, 1.807) is 5.48 Å². The molecule has 3 atom stereocenters. The van der Waals surface area contributed by atoms with E-state index in [4.69, 9.17) is 14.7 Å². The molecule has 2 fully saturated rings. The van der Waals surface area contributed by atoms with Gasteiger partial charge in [0.1, 0.15) is 0 Å². The zero-order valence-electron chi connectivity index (χ0n) is 29.0. The van der Waals surface area contributed by atoms with Crippen LogP contribution in [-0.4, -0.2) is 70.8 Å². The second-order valence-corrected chi connectivity index (χ2v) is 13.4. The fraction of sp³-hybridized carbons (Fsp3) is 0.366. The van der Waals surface area contributed by atoms with Gasteiger partial charge in [-0.25, -0.2) is 5.48 Å². The maximum atomic E-state index is 12.4. The number of rotatable bonds is 14. The van der Waals surface area contributed by atoms with Gasteiger partial charge in [-0.1, -0.05) is 103 Å². The minimum atomic E-state index is -0.540. The van der Waals surface area contributed by atoms with Crippen LogP contribution in [0.15, 0.2) is 103 Å². The van der Waals surface area contributed by atoms with Gasteiger partial charge in [-0.15, -0.1) is 0 Å². The Morgan fingerprint density at radius 3 is 2.12 bits per heavy atom. The number of nitrogens with zero attached hydrogens (tertiary/aromatic N) is 2. The lowest BCUT2D eigenvalue weighted by Crippen LogP contribution is -2.49. The lowest BCUT2D eigenvalue weighted by atomic mass is 9.97. The number of piperazine rings is 1. The van der Waals surface area contributed by atoms with E-state index in [-0.39, 0.29) is 37.6 Å². The van der Waals surface area contributed by atoms with E-state index < -0.39 is 12.2 Å². The highest BCUT2D eigenvalue weighted by Gasteiger charge is 2.34. The first-order valence-corrected chi connectivity index (χ1v) is 17.8. The molecule has 2 amide bonds.